The Morgan fingerprint density at radius 3 is 1.74 bits per heavy atom. The lowest BCUT2D eigenvalue weighted by Gasteiger charge is -2.20. The SMILES string of the molecule is CCCCCC/C=C\CCCCCCCCCC(=O)O[C@H](COC(=O)CCCCCCC/C=C\CC1OC1CCCCC)COP(=O)(O)OC[C@@H](O)CO. The first-order valence-corrected chi connectivity index (χ1v) is 22.9. The molecular weight excluding hydrogens is 711 g/mol. The molecule has 316 valence electrons. The van der Waals surface area contributed by atoms with Crippen molar-refractivity contribution in [1.29, 1.82) is 0 Å². The molecule has 0 aromatic carbocycles. The number of esters is 2. The Morgan fingerprint density at radius 2 is 1.15 bits per heavy atom. The van der Waals surface area contributed by atoms with Gasteiger partial charge in [0.1, 0.15) is 12.7 Å². The third-order valence-electron chi connectivity index (χ3n) is 9.50. The number of carbonyl (C=O) groups is 2. The zero-order valence-corrected chi connectivity index (χ0v) is 34.8. The van der Waals surface area contributed by atoms with E-state index in [1.54, 1.807) is 0 Å². The van der Waals surface area contributed by atoms with Crippen LogP contribution < -0.4 is 0 Å². The lowest BCUT2D eigenvalue weighted by Crippen LogP contribution is -2.29. The number of aliphatic hydroxyl groups is 2. The largest absolute Gasteiger partial charge is 0.472 e. The van der Waals surface area contributed by atoms with Crippen LogP contribution in [0.3, 0.4) is 0 Å². The Labute approximate surface area is 327 Å². The van der Waals surface area contributed by atoms with Gasteiger partial charge >= 0.3 is 19.8 Å². The molecule has 1 saturated heterocycles. The zero-order chi connectivity index (χ0) is 39.5. The summed E-state index contributed by atoms with van der Waals surface area (Å²) < 4.78 is 38.4. The molecule has 0 radical (unpaired) electrons. The minimum atomic E-state index is -4.62. The van der Waals surface area contributed by atoms with Crippen LogP contribution in [-0.4, -0.2) is 77.9 Å². The summed E-state index contributed by atoms with van der Waals surface area (Å²) in [6.07, 6.45) is 34.5. The van der Waals surface area contributed by atoms with E-state index in [0.717, 1.165) is 64.2 Å². The van der Waals surface area contributed by atoms with Crippen molar-refractivity contribution in [3.63, 3.8) is 0 Å². The van der Waals surface area contributed by atoms with Gasteiger partial charge in [-0.1, -0.05) is 128 Å². The molecule has 0 aromatic rings. The highest BCUT2D eigenvalue weighted by Crippen LogP contribution is 2.43. The summed E-state index contributed by atoms with van der Waals surface area (Å²) in [6, 6.07) is 0. The fourth-order valence-electron chi connectivity index (χ4n) is 6.05. The number of aliphatic hydroxyl groups excluding tert-OH is 2. The van der Waals surface area contributed by atoms with E-state index in [0.29, 0.717) is 25.0 Å². The Morgan fingerprint density at radius 1 is 0.648 bits per heavy atom. The van der Waals surface area contributed by atoms with E-state index in [4.69, 9.17) is 23.8 Å². The molecule has 0 aliphatic carbocycles. The number of carbonyl (C=O) groups excluding carboxylic acids is 2. The lowest BCUT2D eigenvalue weighted by molar-refractivity contribution is -0.161. The van der Waals surface area contributed by atoms with Gasteiger partial charge < -0.3 is 29.3 Å². The molecule has 1 rings (SSSR count). The second-order valence-corrected chi connectivity index (χ2v) is 16.2. The van der Waals surface area contributed by atoms with Gasteiger partial charge in [0, 0.05) is 12.8 Å². The number of hydrogen-bond acceptors (Lipinski definition) is 10. The van der Waals surface area contributed by atoms with E-state index in [1.807, 2.05) is 0 Å². The third-order valence-corrected chi connectivity index (χ3v) is 10.5. The smallest absolute Gasteiger partial charge is 0.462 e. The van der Waals surface area contributed by atoms with Gasteiger partial charge in [-0.25, -0.2) is 4.57 Å². The molecule has 11 nitrogen and oxygen atoms in total. The maximum atomic E-state index is 12.6. The number of epoxide rings is 1. The molecule has 0 aromatic heterocycles. The molecule has 1 heterocycles. The van der Waals surface area contributed by atoms with Crippen molar-refractivity contribution in [2.24, 2.45) is 0 Å². The Balaban J connectivity index is 2.25. The summed E-state index contributed by atoms with van der Waals surface area (Å²) in [7, 11) is -4.62. The first kappa shape index (κ1) is 50.4. The molecule has 1 aliphatic heterocycles. The number of phosphoric acid groups is 1. The summed E-state index contributed by atoms with van der Waals surface area (Å²) in [5.74, 6) is -0.949. The molecule has 54 heavy (non-hydrogen) atoms. The summed E-state index contributed by atoms with van der Waals surface area (Å²) in [4.78, 5) is 35.0. The topological polar surface area (TPSA) is 161 Å². The van der Waals surface area contributed by atoms with Crippen molar-refractivity contribution in [3.8, 4) is 0 Å². The van der Waals surface area contributed by atoms with E-state index in [1.165, 1.54) is 77.0 Å². The molecule has 0 amide bonds. The van der Waals surface area contributed by atoms with Gasteiger partial charge in [-0.15, -0.1) is 0 Å². The Hall–Kier alpha value is -1.59. The van der Waals surface area contributed by atoms with Crippen molar-refractivity contribution in [1.82, 2.24) is 0 Å². The van der Waals surface area contributed by atoms with Crippen LogP contribution in [0.25, 0.3) is 0 Å². The van der Waals surface area contributed by atoms with E-state index in [-0.39, 0.29) is 19.4 Å². The number of ether oxygens (including phenoxy) is 3. The molecule has 0 saturated carbocycles. The molecule has 0 bridgehead atoms. The van der Waals surface area contributed by atoms with Crippen molar-refractivity contribution < 1.29 is 52.5 Å². The van der Waals surface area contributed by atoms with Crippen molar-refractivity contribution in [2.45, 2.75) is 205 Å². The van der Waals surface area contributed by atoms with Crippen LogP contribution in [-0.2, 0) is 37.4 Å². The first-order valence-electron chi connectivity index (χ1n) is 21.4. The maximum absolute atomic E-state index is 12.6. The summed E-state index contributed by atoms with van der Waals surface area (Å²) >= 11 is 0. The van der Waals surface area contributed by atoms with E-state index in [2.05, 4.69) is 42.7 Å². The summed E-state index contributed by atoms with van der Waals surface area (Å²) in [5.41, 5.74) is 0. The monoisotopic (exact) mass is 789 g/mol. The third kappa shape index (κ3) is 31.6. The molecule has 12 heteroatoms. The normalized spacial score (nSPS) is 17.9. The van der Waals surface area contributed by atoms with E-state index >= 15 is 0 Å². The quantitative estimate of drug-likeness (QED) is 0.0179. The van der Waals surface area contributed by atoms with Gasteiger partial charge in [-0.05, 0) is 64.2 Å². The van der Waals surface area contributed by atoms with Crippen molar-refractivity contribution in [2.75, 3.05) is 26.4 Å². The van der Waals surface area contributed by atoms with Crippen LogP contribution in [0.2, 0.25) is 0 Å². The van der Waals surface area contributed by atoms with Gasteiger partial charge in [-0.2, -0.15) is 0 Å². The van der Waals surface area contributed by atoms with Gasteiger partial charge in [0.25, 0.3) is 0 Å². The van der Waals surface area contributed by atoms with Crippen LogP contribution in [0, 0.1) is 0 Å². The van der Waals surface area contributed by atoms with Crippen molar-refractivity contribution in [3.05, 3.63) is 24.3 Å². The molecule has 1 aliphatic rings. The standard InChI is InChI=1S/C42H77O11P/c1-3-5-7-8-9-10-11-12-13-14-15-16-21-24-28-32-42(46)52-38(36-51-54(47,48)50-34-37(44)33-43)35-49-41(45)31-27-23-20-18-17-19-22-26-30-40-39(53-40)29-25-6-4-2/h10-11,22,26,37-40,43-44H,3-9,12-21,23-25,27-36H2,1-2H3,(H,47,48)/b11-10-,26-22-/t37-,38+,39?,40?/m0/s1. The molecule has 1 fully saturated rings. The minimum absolute atomic E-state index is 0.174. The van der Waals surface area contributed by atoms with Gasteiger partial charge in [0.2, 0.25) is 0 Å². The zero-order valence-electron chi connectivity index (χ0n) is 33.9. The van der Waals surface area contributed by atoms with Crippen molar-refractivity contribution >= 4 is 19.8 Å². The Kier molecular flexibility index (Phi) is 32.4. The molecule has 5 atom stereocenters. The van der Waals surface area contributed by atoms with E-state index in [9.17, 15) is 24.2 Å². The predicted molar refractivity (Wildman–Crippen MR) is 214 cm³/mol. The van der Waals surface area contributed by atoms with Gasteiger partial charge in [0.15, 0.2) is 6.10 Å². The Bertz CT molecular complexity index is 1020. The average molecular weight is 789 g/mol. The van der Waals surface area contributed by atoms with Crippen LogP contribution in [0.4, 0.5) is 0 Å². The second-order valence-electron chi connectivity index (χ2n) is 14.7. The molecule has 0 spiro atoms. The van der Waals surface area contributed by atoms with Crippen LogP contribution in [0.5, 0.6) is 0 Å². The fraction of sp³-hybridized carbons (Fsp3) is 0.857. The van der Waals surface area contributed by atoms with Crippen LogP contribution >= 0.6 is 7.82 Å². The predicted octanol–water partition coefficient (Wildman–Crippen LogP) is 9.99. The number of rotatable bonds is 39. The van der Waals surface area contributed by atoms with E-state index < -0.39 is 51.8 Å². The highest BCUT2D eigenvalue weighted by molar-refractivity contribution is 7.47. The lowest BCUT2D eigenvalue weighted by atomic mass is 10.1. The van der Waals surface area contributed by atoms with Crippen LogP contribution in [0.1, 0.15) is 181 Å². The van der Waals surface area contributed by atoms with Crippen LogP contribution in [0.15, 0.2) is 24.3 Å². The molecular formula is C42H77O11P. The first-order chi connectivity index (χ1) is 26.2. The second kappa shape index (κ2) is 34.6. The highest BCUT2D eigenvalue weighted by Gasteiger charge is 2.36. The number of unbranched alkanes of at least 4 members (excludes halogenated alkanes) is 18. The maximum Gasteiger partial charge on any atom is 0.472 e. The highest BCUT2D eigenvalue weighted by atomic mass is 31.2. The summed E-state index contributed by atoms with van der Waals surface area (Å²) in [5, 5.41) is 18.3. The molecule has 3 unspecified atom stereocenters. The average Bonchev–Trinajstić information content (AvgIpc) is 3.91. The number of hydrogen-bond donors (Lipinski definition) is 3. The summed E-state index contributed by atoms with van der Waals surface area (Å²) in [6.45, 7) is 2.31. The fourth-order valence-corrected chi connectivity index (χ4v) is 6.84. The molecule has 3 N–H and O–H groups in total. The number of allylic oxidation sites excluding steroid dienone is 3. The van der Waals surface area contributed by atoms with Gasteiger partial charge in [-0.3, -0.25) is 18.6 Å². The number of phosphoric ester groups is 1. The minimum Gasteiger partial charge on any atom is -0.462 e. The van der Waals surface area contributed by atoms with Gasteiger partial charge in [0.05, 0.1) is 32.0 Å².